The highest BCUT2D eigenvalue weighted by Crippen LogP contribution is 2.27. The van der Waals surface area contributed by atoms with Gasteiger partial charge in [0, 0.05) is 11.7 Å². The van der Waals surface area contributed by atoms with Gasteiger partial charge in [0.25, 0.3) is 0 Å². The summed E-state index contributed by atoms with van der Waals surface area (Å²) in [6.45, 7) is 0. The van der Waals surface area contributed by atoms with Gasteiger partial charge in [0.15, 0.2) is 0 Å². The second kappa shape index (κ2) is 5.08. The minimum atomic E-state index is -0.926. The predicted molar refractivity (Wildman–Crippen MR) is 65.8 cm³/mol. The number of carbonyl (C=O) groups is 1. The average Bonchev–Trinajstić information content (AvgIpc) is 2.82. The number of anilines is 1. The van der Waals surface area contributed by atoms with Gasteiger partial charge in [-0.25, -0.2) is 4.79 Å². The zero-order valence-electron chi connectivity index (χ0n) is 9.90. The van der Waals surface area contributed by atoms with Crippen molar-refractivity contribution in [3.8, 4) is 5.75 Å². The Balaban J connectivity index is 2.22. The van der Waals surface area contributed by atoms with Gasteiger partial charge in [0.1, 0.15) is 5.75 Å². The second-order valence-electron chi connectivity index (χ2n) is 4.34. The number of aromatic carboxylic acids is 1. The largest absolute Gasteiger partial charge is 0.497 e. The van der Waals surface area contributed by atoms with E-state index in [1.54, 1.807) is 18.2 Å². The third kappa shape index (κ3) is 2.70. The smallest absolute Gasteiger partial charge is 0.337 e. The van der Waals surface area contributed by atoms with Crippen LogP contribution >= 0.6 is 0 Å². The van der Waals surface area contributed by atoms with Gasteiger partial charge in [-0.2, -0.15) is 0 Å². The second-order valence-corrected chi connectivity index (χ2v) is 4.34. The minimum Gasteiger partial charge on any atom is -0.497 e. The number of benzene rings is 1. The molecule has 1 fully saturated rings. The normalized spacial score (nSPS) is 15.8. The van der Waals surface area contributed by atoms with E-state index >= 15 is 0 Å². The first-order valence-electron chi connectivity index (χ1n) is 5.88. The summed E-state index contributed by atoms with van der Waals surface area (Å²) >= 11 is 0. The van der Waals surface area contributed by atoms with E-state index in [0.29, 0.717) is 17.5 Å². The van der Waals surface area contributed by atoms with Crippen LogP contribution in [0.5, 0.6) is 5.75 Å². The number of carboxylic acids is 1. The fraction of sp³-hybridized carbons (Fsp3) is 0.462. The Morgan fingerprint density at radius 3 is 2.71 bits per heavy atom. The summed E-state index contributed by atoms with van der Waals surface area (Å²) in [6, 6.07) is 5.52. The summed E-state index contributed by atoms with van der Waals surface area (Å²) in [5, 5.41) is 12.5. The van der Waals surface area contributed by atoms with Crippen LogP contribution in [0.15, 0.2) is 18.2 Å². The standard InChI is InChI=1S/C13H17NO3/c1-17-10-6-7-12(11(8-10)13(15)16)14-9-4-2-3-5-9/h6-9,14H,2-5H2,1H3,(H,15,16). The Morgan fingerprint density at radius 2 is 2.12 bits per heavy atom. The summed E-state index contributed by atoms with van der Waals surface area (Å²) in [4.78, 5) is 11.2. The van der Waals surface area contributed by atoms with Crippen molar-refractivity contribution in [2.24, 2.45) is 0 Å². The first-order chi connectivity index (χ1) is 8.20. The Kier molecular flexibility index (Phi) is 3.52. The lowest BCUT2D eigenvalue weighted by Crippen LogP contribution is -2.17. The molecule has 1 aromatic carbocycles. The molecule has 0 amide bonds. The number of carboxylic acid groups (broad SMARTS) is 1. The molecule has 0 radical (unpaired) electrons. The van der Waals surface area contributed by atoms with Gasteiger partial charge in [0.05, 0.1) is 12.7 Å². The molecule has 2 rings (SSSR count). The third-order valence-corrected chi connectivity index (χ3v) is 3.17. The molecule has 0 heterocycles. The lowest BCUT2D eigenvalue weighted by atomic mass is 10.1. The van der Waals surface area contributed by atoms with Gasteiger partial charge in [-0.05, 0) is 31.0 Å². The molecule has 1 aliphatic carbocycles. The number of nitrogens with one attached hydrogen (secondary N) is 1. The molecule has 4 nitrogen and oxygen atoms in total. The Labute approximate surface area is 101 Å². The summed E-state index contributed by atoms with van der Waals surface area (Å²) < 4.78 is 5.04. The van der Waals surface area contributed by atoms with Crippen LogP contribution in [0.25, 0.3) is 0 Å². The minimum absolute atomic E-state index is 0.274. The highest BCUT2D eigenvalue weighted by molar-refractivity contribution is 5.94. The van der Waals surface area contributed by atoms with Crippen molar-refractivity contribution in [3.63, 3.8) is 0 Å². The van der Waals surface area contributed by atoms with Crippen LogP contribution < -0.4 is 10.1 Å². The third-order valence-electron chi connectivity index (χ3n) is 3.17. The van der Waals surface area contributed by atoms with E-state index in [0.717, 1.165) is 12.8 Å². The Bertz CT molecular complexity index is 411. The molecule has 0 aromatic heterocycles. The summed E-state index contributed by atoms with van der Waals surface area (Å²) in [5.74, 6) is -0.358. The molecular formula is C13H17NO3. The molecule has 4 heteroatoms. The highest BCUT2D eigenvalue weighted by atomic mass is 16.5. The maximum absolute atomic E-state index is 11.2. The molecule has 1 aromatic rings. The van der Waals surface area contributed by atoms with E-state index in [-0.39, 0.29) is 5.56 Å². The molecule has 0 unspecified atom stereocenters. The van der Waals surface area contributed by atoms with Crippen molar-refractivity contribution in [1.82, 2.24) is 0 Å². The van der Waals surface area contributed by atoms with Gasteiger partial charge in [-0.1, -0.05) is 12.8 Å². The van der Waals surface area contributed by atoms with Crippen molar-refractivity contribution in [2.45, 2.75) is 31.7 Å². The lowest BCUT2D eigenvalue weighted by Gasteiger charge is -2.16. The number of hydrogen-bond acceptors (Lipinski definition) is 3. The molecule has 17 heavy (non-hydrogen) atoms. The number of ether oxygens (including phenoxy) is 1. The van der Waals surface area contributed by atoms with E-state index in [1.807, 2.05) is 0 Å². The number of hydrogen-bond donors (Lipinski definition) is 2. The number of rotatable bonds is 4. The van der Waals surface area contributed by atoms with E-state index in [1.165, 1.54) is 20.0 Å². The summed E-state index contributed by atoms with van der Waals surface area (Å²) in [7, 11) is 1.53. The van der Waals surface area contributed by atoms with Crippen molar-refractivity contribution in [1.29, 1.82) is 0 Å². The summed E-state index contributed by atoms with van der Waals surface area (Å²) in [6.07, 6.45) is 4.67. The first-order valence-corrected chi connectivity index (χ1v) is 5.88. The van der Waals surface area contributed by atoms with Gasteiger partial charge in [0.2, 0.25) is 0 Å². The van der Waals surface area contributed by atoms with Crippen molar-refractivity contribution < 1.29 is 14.6 Å². The van der Waals surface area contributed by atoms with Gasteiger partial charge in [-0.15, -0.1) is 0 Å². The van der Waals surface area contributed by atoms with Crippen LogP contribution in [0.2, 0.25) is 0 Å². The molecule has 1 aliphatic rings. The highest BCUT2D eigenvalue weighted by Gasteiger charge is 2.18. The van der Waals surface area contributed by atoms with E-state index in [9.17, 15) is 4.79 Å². The maximum Gasteiger partial charge on any atom is 0.337 e. The number of methoxy groups -OCH3 is 1. The van der Waals surface area contributed by atoms with Crippen LogP contribution in [-0.2, 0) is 0 Å². The summed E-state index contributed by atoms with van der Waals surface area (Å²) in [5.41, 5.74) is 0.960. The Morgan fingerprint density at radius 1 is 1.41 bits per heavy atom. The Hall–Kier alpha value is -1.71. The zero-order valence-corrected chi connectivity index (χ0v) is 9.90. The van der Waals surface area contributed by atoms with Gasteiger partial charge < -0.3 is 15.2 Å². The molecule has 1 saturated carbocycles. The van der Waals surface area contributed by atoms with E-state index < -0.39 is 5.97 Å². The molecule has 2 N–H and O–H groups in total. The quantitative estimate of drug-likeness (QED) is 0.842. The first kappa shape index (κ1) is 11.8. The molecule has 0 saturated heterocycles. The molecule has 0 aliphatic heterocycles. The van der Waals surface area contributed by atoms with Crippen molar-refractivity contribution >= 4 is 11.7 Å². The van der Waals surface area contributed by atoms with E-state index in [4.69, 9.17) is 9.84 Å². The molecule has 0 atom stereocenters. The van der Waals surface area contributed by atoms with Crippen LogP contribution in [-0.4, -0.2) is 24.2 Å². The van der Waals surface area contributed by atoms with Crippen LogP contribution in [0.1, 0.15) is 36.0 Å². The maximum atomic E-state index is 11.2. The fourth-order valence-corrected chi connectivity index (χ4v) is 2.24. The zero-order chi connectivity index (χ0) is 12.3. The average molecular weight is 235 g/mol. The van der Waals surface area contributed by atoms with E-state index in [2.05, 4.69) is 5.32 Å². The van der Waals surface area contributed by atoms with Crippen molar-refractivity contribution in [3.05, 3.63) is 23.8 Å². The van der Waals surface area contributed by atoms with Crippen LogP contribution in [0.3, 0.4) is 0 Å². The fourth-order valence-electron chi connectivity index (χ4n) is 2.24. The van der Waals surface area contributed by atoms with Gasteiger partial charge >= 0.3 is 5.97 Å². The molecular weight excluding hydrogens is 218 g/mol. The predicted octanol–water partition coefficient (Wildman–Crippen LogP) is 2.75. The molecule has 0 bridgehead atoms. The molecule has 0 spiro atoms. The molecule has 92 valence electrons. The monoisotopic (exact) mass is 235 g/mol. The van der Waals surface area contributed by atoms with Crippen molar-refractivity contribution in [2.75, 3.05) is 12.4 Å². The van der Waals surface area contributed by atoms with Gasteiger partial charge in [-0.3, -0.25) is 0 Å². The van der Waals surface area contributed by atoms with Crippen LogP contribution in [0, 0.1) is 0 Å². The van der Waals surface area contributed by atoms with Crippen LogP contribution in [0.4, 0.5) is 5.69 Å². The lowest BCUT2D eigenvalue weighted by molar-refractivity contribution is 0.0697. The topological polar surface area (TPSA) is 58.6 Å². The SMILES string of the molecule is COc1ccc(NC2CCCC2)c(C(=O)O)c1.